The van der Waals surface area contributed by atoms with E-state index in [1.807, 2.05) is 6.07 Å². The second-order valence-electron chi connectivity index (χ2n) is 6.45. The van der Waals surface area contributed by atoms with Crippen molar-refractivity contribution in [2.75, 3.05) is 5.32 Å². The van der Waals surface area contributed by atoms with Gasteiger partial charge >= 0.3 is 0 Å². The van der Waals surface area contributed by atoms with Gasteiger partial charge in [-0.15, -0.1) is 0 Å². The highest BCUT2D eigenvalue weighted by atomic mass is 35.5. The molecule has 0 fully saturated rings. The van der Waals surface area contributed by atoms with Gasteiger partial charge in [-0.05, 0) is 55.5 Å². The molecule has 0 aliphatic carbocycles. The zero-order valence-corrected chi connectivity index (χ0v) is 16.8. The lowest BCUT2D eigenvalue weighted by Crippen LogP contribution is -2.22. The Morgan fingerprint density at radius 1 is 1.00 bits per heavy atom. The molecule has 5 nitrogen and oxygen atoms in total. The van der Waals surface area contributed by atoms with Gasteiger partial charge in [-0.3, -0.25) is 14.2 Å². The van der Waals surface area contributed by atoms with Gasteiger partial charge in [0.25, 0.3) is 11.5 Å². The number of rotatable bonds is 3. The summed E-state index contributed by atoms with van der Waals surface area (Å²) in [6, 6.07) is 18.8. The van der Waals surface area contributed by atoms with Gasteiger partial charge in [0.15, 0.2) is 0 Å². The van der Waals surface area contributed by atoms with Gasteiger partial charge < -0.3 is 5.32 Å². The monoisotopic (exact) mass is 423 g/mol. The zero-order chi connectivity index (χ0) is 20.5. The van der Waals surface area contributed by atoms with Crippen molar-refractivity contribution in [3.63, 3.8) is 0 Å². The maximum absolute atomic E-state index is 13.0. The molecule has 4 rings (SSSR count). The van der Waals surface area contributed by atoms with Gasteiger partial charge in [0.1, 0.15) is 5.82 Å². The molecule has 0 spiro atoms. The Labute approximate surface area is 176 Å². The minimum atomic E-state index is -0.354. The van der Waals surface area contributed by atoms with Crippen LogP contribution in [0, 0.1) is 6.92 Å². The van der Waals surface area contributed by atoms with Crippen LogP contribution in [0.25, 0.3) is 16.6 Å². The van der Waals surface area contributed by atoms with Crippen LogP contribution >= 0.6 is 23.2 Å². The predicted octanol–water partition coefficient (Wildman–Crippen LogP) is 5.25. The van der Waals surface area contributed by atoms with E-state index < -0.39 is 0 Å². The number of hydrogen-bond donors (Lipinski definition) is 1. The van der Waals surface area contributed by atoms with Gasteiger partial charge in [0.05, 0.1) is 27.3 Å². The van der Waals surface area contributed by atoms with Crippen LogP contribution in [0.4, 0.5) is 5.69 Å². The van der Waals surface area contributed by atoms with E-state index in [0.29, 0.717) is 43.7 Å². The Morgan fingerprint density at radius 2 is 1.79 bits per heavy atom. The second kappa shape index (κ2) is 7.70. The summed E-state index contributed by atoms with van der Waals surface area (Å²) in [6.45, 7) is 1.76. The number of nitrogens with zero attached hydrogens (tertiary/aromatic N) is 2. The number of benzene rings is 3. The van der Waals surface area contributed by atoms with Crippen molar-refractivity contribution >= 4 is 45.7 Å². The summed E-state index contributed by atoms with van der Waals surface area (Å²) in [6.07, 6.45) is 0. The number of para-hydroxylation sites is 1. The highest BCUT2D eigenvalue weighted by Gasteiger charge is 2.13. The maximum atomic E-state index is 13.0. The summed E-state index contributed by atoms with van der Waals surface area (Å²) in [5.74, 6) is 0.176. The smallest absolute Gasteiger partial charge is 0.265 e. The molecule has 1 aromatic heterocycles. The van der Waals surface area contributed by atoms with E-state index in [-0.39, 0.29) is 11.5 Å². The fourth-order valence-corrected chi connectivity index (χ4v) is 3.48. The fourth-order valence-electron chi connectivity index (χ4n) is 3.12. The number of aromatic nitrogens is 2. The zero-order valence-electron chi connectivity index (χ0n) is 15.3. The highest BCUT2D eigenvalue weighted by Crippen LogP contribution is 2.26. The average Bonchev–Trinajstić information content (AvgIpc) is 2.70. The van der Waals surface area contributed by atoms with Crippen molar-refractivity contribution in [3.8, 4) is 5.69 Å². The van der Waals surface area contributed by atoms with Gasteiger partial charge in [-0.2, -0.15) is 0 Å². The first-order valence-corrected chi connectivity index (χ1v) is 9.55. The van der Waals surface area contributed by atoms with Crippen LogP contribution < -0.4 is 10.9 Å². The summed E-state index contributed by atoms with van der Waals surface area (Å²) >= 11 is 12.2. The molecule has 1 amide bonds. The normalized spacial score (nSPS) is 10.9. The van der Waals surface area contributed by atoms with Gasteiger partial charge in [0.2, 0.25) is 0 Å². The van der Waals surface area contributed by atoms with E-state index in [2.05, 4.69) is 10.3 Å². The molecule has 1 N–H and O–H groups in total. The van der Waals surface area contributed by atoms with Crippen molar-refractivity contribution in [2.45, 2.75) is 6.92 Å². The largest absolute Gasteiger partial charge is 0.321 e. The molecule has 0 aliphatic rings. The number of carbonyl (C=O) groups excluding carboxylic acids is 1. The van der Waals surface area contributed by atoms with Crippen molar-refractivity contribution in [1.82, 2.24) is 9.55 Å². The Kier molecular flexibility index (Phi) is 5.09. The van der Waals surface area contributed by atoms with E-state index in [1.54, 1.807) is 67.6 Å². The van der Waals surface area contributed by atoms with E-state index in [9.17, 15) is 9.59 Å². The Bertz CT molecular complexity index is 1320. The van der Waals surface area contributed by atoms with Crippen LogP contribution in [0.2, 0.25) is 10.0 Å². The van der Waals surface area contributed by atoms with E-state index >= 15 is 0 Å². The molecular formula is C22H15Cl2N3O2. The number of aryl methyl sites for hydroxylation is 1. The Hall–Kier alpha value is -3.15. The molecule has 0 saturated heterocycles. The lowest BCUT2D eigenvalue weighted by Gasteiger charge is -2.14. The molecule has 144 valence electrons. The first kappa shape index (κ1) is 19.2. The molecule has 0 radical (unpaired) electrons. The number of carbonyl (C=O) groups is 1. The number of amides is 1. The Balaban J connectivity index is 1.77. The molecule has 0 aliphatic heterocycles. The summed E-state index contributed by atoms with van der Waals surface area (Å²) in [4.78, 5) is 30.1. The van der Waals surface area contributed by atoms with E-state index in [1.165, 1.54) is 4.57 Å². The third-order valence-corrected chi connectivity index (χ3v) is 5.05. The minimum absolute atomic E-state index is 0.192. The van der Waals surface area contributed by atoms with Crippen molar-refractivity contribution in [1.29, 1.82) is 0 Å². The molecule has 29 heavy (non-hydrogen) atoms. The van der Waals surface area contributed by atoms with Crippen LogP contribution in [-0.2, 0) is 0 Å². The van der Waals surface area contributed by atoms with Gasteiger partial charge in [-0.25, -0.2) is 4.98 Å². The Morgan fingerprint density at radius 3 is 2.59 bits per heavy atom. The lowest BCUT2D eigenvalue weighted by atomic mass is 10.2. The predicted molar refractivity (Wildman–Crippen MR) is 116 cm³/mol. The molecule has 0 saturated carbocycles. The third-order valence-electron chi connectivity index (χ3n) is 4.49. The SMILES string of the molecule is Cc1nc2ccccc2c(=O)n1-c1ccc(Cl)c(NC(=O)c2cccc(Cl)c2)c1. The summed E-state index contributed by atoms with van der Waals surface area (Å²) in [5.41, 5.74) is 1.78. The average molecular weight is 424 g/mol. The molecular weight excluding hydrogens is 409 g/mol. The minimum Gasteiger partial charge on any atom is -0.321 e. The summed E-state index contributed by atoms with van der Waals surface area (Å²) < 4.78 is 1.49. The van der Waals surface area contributed by atoms with Crippen LogP contribution in [0.5, 0.6) is 0 Å². The number of halogens is 2. The van der Waals surface area contributed by atoms with Crippen LogP contribution in [0.1, 0.15) is 16.2 Å². The fraction of sp³-hybridized carbons (Fsp3) is 0.0455. The standard InChI is InChI=1S/C22H15Cl2N3O2/c1-13-25-19-8-3-2-7-17(19)22(29)27(13)16-9-10-18(24)20(12-16)26-21(28)14-5-4-6-15(23)11-14/h2-12H,1H3,(H,26,28). The number of hydrogen-bond acceptors (Lipinski definition) is 3. The van der Waals surface area contributed by atoms with Crippen molar-refractivity contribution in [3.05, 3.63) is 98.5 Å². The van der Waals surface area contributed by atoms with Gasteiger partial charge in [0, 0.05) is 10.6 Å². The molecule has 7 heteroatoms. The second-order valence-corrected chi connectivity index (χ2v) is 7.29. The molecule has 0 bridgehead atoms. The quantitative estimate of drug-likeness (QED) is 0.489. The first-order chi connectivity index (χ1) is 13.9. The maximum Gasteiger partial charge on any atom is 0.265 e. The topological polar surface area (TPSA) is 64.0 Å². The van der Waals surface area contributed by atoms with Crippen LogP contribution in [0.3, 0.4) is 0 Å². The first-order valence-electron chi connectivity index (χ1n) is 8.79. The van der Waals surface area contributed by atoms with E-state index in [4.69, 9.17) is 23.2 Å². The molecule has 3 aromatic carbocycles. The molecule has 1 heterocycles. The van der Waals surface area contributed by atoms with Crippen molar-refractivity contribution < 1.29 is 4.79 Å². The van der Waals surface area contributed by atoms with Crippen LogP contribution in [-0.4, -0.2) is 15.5 Å². The summed E-state index contributed by atoms with van der Waals surface area (Å²) in [7, 11) is 0. The van der Waals surface area contributed by atoms with Crippen molar-refractivity contribution in [2.24, 2.45) is 0 Å². The van der Waals surface area contributed by atoms with Crippen LogP contribution in [0.15, 0.2) is 71.5 Å². The molecule has 0 atom stereocenters. The number of fused-ring (bicyclic) bond motifs is 1. The highest BCUT2D eigenvalue weighted by molar-refractivity contribution is 6.34. The number of nitrogens with one attached hydrogen (secondary N) is 1. The summed E-state index contributed by atoms with van der Waals surface area (Å²) in [5, 5.41) is 4.10. The molecule has 4 aromatic rings. The third kappa shape index (κ3) is 3.75. The molecule has 0 unspecified atom stereocenters. The van der Waals surface area contributed by atoms with E-state index in [0.717, 1.165) is 0 Å². The lowest BCUT2D eigenvalue weighted by molar-refractivity contribution is 0.102. The van der Waals surface area contributed by atoms with Gasteiger partial charge in [-0.1, -0.05) is 41.4 Å². The number of anilines is 1.